The smallest absolute Gasteiger partial charge is 0.221 e. The van der Waals surface area contributed by atoms with Crippen molar-refractivity contribution in [1.82, 2.24) is 19.5 Å². The molecule has 11 heteroatoms. The molecule has 0 aliphatic carbocycles. The van der Waals surface area contributed by atoms with E-state index in [4.69, 9.17) is 21.4 Å². The van der Waals surface area contributed by atoms with Crippen LogP contribution in [-0.2, 0) is 4.74 Å². The van der Waals surface area contributed by atoms with Gasteiger partial charge in [0.25, 0.3) is 0 Å². The first-order valence-electron chi connectivity index (χ1n) is 6.16. The van der Waals surface area contributed by atoms with E-state index in [0.717, 1.165) is 0 Å². The van der Waals surface area contributed by atoms with Crippen molar-refractivity contribution in [3.8, 4) is 0 Å². The zero-order chi connectivity index (χ0) is 15.1. The zero-order valence-electron chi connectivity index (χ0n) is 10.8. The molecule has 2 aromatic heterocycles. The van der Waals surface area contributed by atoms with Crippen molar-refractivity contribution in [2.45, 2.75) is 24.5 Å². The molecule has 4 unspecified atom stereocenters. The maximum Gasteiger partial charge on any atom is 0.221 e. The molecule has 0 radical (unpaired) electrons. The molecule has 8 N–H and O–H groups in total. The number of fused-ring (bicyclic) bond motifs is 1. The summed E-state index contributed by atoms with van der Waals surface area (Å²) >= 11 is 0. The number of rotatable bonds is 3. The number of nitrogens with two attached hydrogens (primary N) is 2. The number of hydrazine groups is 1. The number of aliphatic hydroxyl groups is 3. The average Bonchev–Trinajstić information content (AvgIpc) is 2.99. The maximum atomic E-state index is 10.1. The van der Waals surface area contributed by atoms with E-state index in [9.17, 15) is 10.2 Å². The Labute approximate surface area is 118 Å². The minimum Gasteiger partial charge on any atom is -0.394 e. The topological polar surface area (TPSA) is 178 Å². The van der Waals surface area contributed by atoms with Gasteiger partial charge in [-0.1, -0.05) is 0 Å². The third-order valence-corrected chi connectivity index (χ3v) is 3.41. The Morgan fingerprint density at radius 2 is 2.10 bits per heavy atom. The summed E-state index contributed by atoms with van der Waals surface area (Å²) in [4.78, 5) is 12.0. The minimum absolute atomic E-state index is 0.132. The van der Waals surface area contributed by atoms with Crippen molar-refractivity contribution in [3.05, 3.63) is 6.33 Å². The third-order valence-electron chi connectivity index (χ3n) is 3.41. The molecule has 11 nitrogen and oxygen atoms in total. The number of aromatic nitrogens is 4. The summed E-state index contributed by atoms with van der Waals surface area (Å²) in [5, 5.41) is 29.1. The van der Waals surface area contributed by atoms with Gasteiger partial charge in [-0.25, -0.2) is 20.8 Å². The lowest BCUT2D eigenvalue weighted by Crippen LogP contribution is -2.33. The number of ether oxygens (including phenoxy) is 1. The van der Waals surface area contributed by atoms with Crippen LogP contribution in [0, 0.1) is 0 Å². The summed E-state index contributed by atoms with van der Waals surface area (Å²) in [6.45, 7) is -0.441. The Bertz CT molecular complexity index is 662. The molecule has 3 heterocycles. The molecular formula is C10H15N7O4. The fourth-order valence-corrected chi connectivity index (χ4v) is 2.36. The van der Waals surface area contributed by atoms with Crippen LogP contribution in [0.15, 0.2) is 6.33 Å². The second-order valence-electron chi connectivity index (χ2n) is 4.61. The van der Waals surface area contributed by atoms with Crippen LogP contribution < -0.4 is 17.0 Å². The quantitative estimate of drug-likeness (QED) is 0.258. The molecule has 0 bridgehead atoms. The highest BCUT2D eigenvalue weighted by atomic mass is 16.6. The SMILES string of the molecule is NNc1nc2c(N)ncnc2n1C1OC(CO)C(O)C1O. The summed E-state index contributed by atoms with van der Waals surface area (Å²) in [6.07, 6.45) is -3.25. The summed E-state index contributed by atoms with van der Waals surface area (Å²) in [7, 11) is 0. The van der Waals surface area contributed by atoms with Gasteiger partial charge < -0.3 is 25.8 Å². The van der Waals surface area contributed by atoms with Crippen LogP contribution in [0.1, 0.15) is 6.23 Å². The Hall–Kier alpha value is -2.05. The van der Waals surface area contributed by atoms with Crippen molar-refractivity contribution in [2.24, 2.45) is 5.84 Å². The largest absolute Gasteiger partial charge is 0.394 e. The normalized spacial score (nSPS) is 29.1. The number of anilines is 2. The van der Waals surface area contributed by atoms with E-state index in [1.54, 1.807) is 0 Å². The first-order valence-corrected chi connectivity index (χ1v) is 6.16. The molecule has 3 rings (SSSR count). The molecule has 2 aromatic rings. The van der Waals surface area contributed by atoms with Gasteiger partial charge in [-0.15, -0.1) is 0 Å². The highest BCUT2D eigenvalue weighted by Crippen LogP contribution is 2.34. The van der Waals surface area contributed by atoms with Gasteiger partial charge in [-0.2, -0.15) is 0 Å². The zero-order valence-corrected chi connectivity index (χ0v) is 10.8. The Morgan fingerprint density at radius 3 is 2.71 bits per heavy atom. The van der Waals surface area contributed by atoms with Crippen molar-refractivity contribution >= 4 is 22.9 Å². The summed E-state index contributed by atoms with van der Waals surface area (Å²) in [5.41, 5.74) is 8.63. The number of hydrogen-bond acceptors (Lipinski definition) is 10. The standard InChI is InChI=1S/C10H15N7O4/c11-7-4-8(14-2-13-7)17(10(15-4)16-12)9-6(20)5(19)3(1-18)21-9/h2-3,5-6,9,18-20H,1,12H2,(H,15,16)(H2,11,13,14). The van der Waals surface area contributed by atoms with Crippen molar-refractivity contribution in [1.29, 1.82) is 0 Å². The van der Waals surface area contributed by atoms with Crippen LogP contribution in [0.2, 0.25) is 0 Å². The van der Waals surface area contributed by atoms with Crippen molar-refractivity contribution in [2.75, 3.05) is 17.8 Å². The van der Waals surface area contributed by atoms with E-state index >= 15 is 0 Å². The molecule has 4 atom stereocenters. The number of aliphatic hydroxyl groups excluding tert-OH is 3. The minimum atomic E-state index is -1.29. The van der Waals surface area contributed by atoms with E-state index in [1.807, 2.05) is 0 Å². The molecule has 114 valence electrons. The van der Waals surface area contributed by atoms with E-state index in [1.165, 1.54) is 10.9 Å². The van der Waals surface area contributed by atoms with E-state index < -0.39 is 31.1 Å². The number of nitrogens with zero attached hydrogens (tertiary/aromatic N) is 4. The van der Waals surface area contributed by atoms with Crippen molar-refractivity contribution in [3.63, 3.8) is 0 Å². The number of nitrogen functional groups attached to an aromatic ring is 2. The second-order valence-corrected chi connectivity index (χ2v) is 4.61. The summed E-state index contributed by atoms with van der Waals surface area (Å²) in [6, 6.07) is 0. The molecule has 0 spiro atoms. The number of imidazole rings is 1. The van der Waals surface area contributed by atoms with Crippen LogP contribution in [0.25, 0.3) is 11.2 Å². The molecule has 21 heavy (non-hydrogen) atoms. The lowest BCUT2D eigenvalue weighted by molar-refractivity contribution is -0.0501. The predicted molar refractivity (Wildman–Crippen MR) is 70.6 cm³/mol. The van der Waals surface area contributed by atoms with Gasteiger partial charge in [0.05, 0.1) is 6.61 Å². The van der Waals surface area contributed by atoms with E-state index in [-0.39, 0.29) is 22.9 Å². The van der Waals surface area contributed by atoms with E-state index in [2.05, 4.69) is 20.4 Å². The molecule has 0 saturated carbocycles. The van der Waals surface area contributed by atoms with Crippen molar-refractivity contribution < 1.29 is 20.1 Å². The fourth-order valence-electron chi connectivity index (χ4n) is 2.36. The van der Waals surface area contributed by atoms with Gasteiger partial charge in [-0.3, -0.25) is 9.99 Å². The Morgan fingerprint density at radius 1 is 1.33 bits per heavy atom. The van der Waals surface area contributed by atoms with Gasteiger partial charge in [0.15, 0.2) is 23.2 Å². The highest BCUT2D eigenvalue weighted by Gasteiger charge is 2.45. The van der Waals surface area contributed by atoms with Crippen LogP contribution in [0.3, 0.4) is 0 Å². The van der Waals surface area contributed by atoms with E-state index in [0.29, 0.717) is 0 Å². The van der Waals surface area contributed by atoms with Gasteiger partial charge in [0.2, 0.25) is 5.95 Å². The highest BCUT2D eigenvalue weighted by molar-refractivity contribution is 5.84. The summed E-state index contributed by atoms with van der Waals surface area (Å²) in [5.74, 6) is 5.68. The fraction of sp³-hybridized carbons (Fsp3) is 0.500. The average molecular weight is 297 g/mol. The maximum absolute atomic E-state index is 10.1. The lowest BCUT2D eigenvalue weighted by Gasteiger charge is -2.18. The monoisotopic (exact) mass is 297 g/mol. The Kier molecular flexibility index (Phi) is 3.35. The lowest BCUT2D eigenvalue weighted by atomic mass is 10.1. The first-order chi connectivity index (χ1) is 10.1. The number of hydrogen-bond donors (Lipinski definition) is 6. The van der Waals surface area contributed by atoms with Crippen LogP contribution in [0.4, 0.5) is 11.8 Å². The molecule has 1 aliphatic rings. The molecule has 0 aromatic carbocycles. The molecule has 1 aliphatic heterocycles. The number of nitrogens with one attached hydrogen (secondary N) is 1. The molecular weight excluding hydrogens is 282 g/mol. The summed E-state index contributed by atoms with van der Waals surface area (Å²) < 4.78 is 6.80. The van der Waals surface area contributed by atoms with Crippen LogP contribution >= 0.6 is 0 Å². The first kappa shape index (κ1) is 13.9. The van der Waals surface area contributed by atoms with Gasteiger partial charge >= 0.3 is 0 Å². The molecule has 0 amide bonds. The second kappa shape index (κ2) is 5.05. The van der Waals surface area contributed by atoms with Crippen LogP contribution in [0.5, 0.6) is 0 Å². The Balaban J connectivity index is 2.14. The predicted octanol–water partition coefficient (Wildman–Crippen LogP) is -2.69. The van der Waals surface area contributed by atoms with Gasteiger partial charge in [-0.05, 0) is 0 Å². The van der Waals surface area contributed by atoms with Gasteiger partial charge in [0, 0.05) is 0 Å². The van der Waals surface area contributed by atoms with Crippen LogP contribution in [-0.4, -0.2) is 59.8 Å². The third kappa shape index (κ3) is 1.99. The van der Waals surface area contributed by atoms with Gasteiger partial charge in [0.1, 0.15) is 24.6 Å². The molecule has 1 saturated heterocycles. The molecule has 1 fully saturated rings.